The summed E-state index contributed by atoms with van der Waals surface area (Å²) in [6.45, 7) is 1.97. The Morgan fingerprint density at radius 1 is 1.50 bits per heavy atom. The van der Waals surface area contributed by atoms with Crippen LogP contribution in [0.25, 0.3) is 0 Å². The lowest BCUT2D eigenvalue weighted by Crippen LogP contribution is -2.13. The molecule has 2 aromatic heterocycles. The third kappa shape index (κ3) is 2.90. The zero-order chi connectivity index (χ0) is 11.5. The molecule has 16 heavy (non-hydrogen) atoms. The smallest absolute Gasteiger partial charge is 0.0897 e. The van der Waals surface area contributed by atoms with E-state index in [1.165, 1.54) is 0 Å². The van der Waals surface area contributed by atoms with Crippen molar-refractivity contribution in [2.75, 3.05) is 0 Å². The maximum atomic E-state index is 9.90. The summed E-state index contributed by atoms with van der Waals surface area (Å²) in [5.41, 5.74) is 2.03. The van der Waals surface area contributed by atoms with Crippen LogP contribution in [0.4, 0.5) is 0 Å². The molecule has 0 aliphatic rings. The molecule has 1 atom stereocenters. The van der Waals surface area contributed by atoms with Crippen LogP contribution < -0.4 is 0 Å². The molecule has 0 aliphatic carbocycles. The SMILES string of the molecule is Cc1nc(CC(O)Cc2cnn(C)c2)cs1. The average molecular weight is 237 g/mol. The molecule has 2 aromatic rings. The molecule has 4 nitrogen and oxygen atoms in total. The van der Waals surface area contributed by atoms with Crippen LogP contribution in [-0.2, 0) is 19.9 Å². The number of aryl methyl sites for hydroxylation is 2. The molecule has 0 bridgehead atoms. The first kappa shape index (κ1) is 11.3. The van der Waals surface area contributed by atoms with Crippen molar-refractivity contribution >= 4 is 11.3 Å². The fourth-order valence-corrected chi connectivity index (χ4v) is 2.29. The van der Waals surface area contributed by atoms with Crippen molar-refractivity contribution in [3.63, 3.8) is 0 Å². The summed E-state index contributed by atoms with van der Waals surface area (Å²) in [5, 5.41) is 17.0. The van der Waals surface area contributed by atoms with Gasteiger partial charge in [-0.05, 0) is 12.5 Å². The van der Waals surface area contributed by atoms with Crippen molar-refractivity contribution in [1.29, 1.82) is 0 Å². The molecule has 2 rings (SSSR count). The molecule has 1 unspecified atom stereocenters. The van der Waals surface area contributed by atoms with Gasteiger partial charge in [0, 0.05) is 31.5 Å². The minimum atomic E-state index is -0.384. The Morgan fingerprint density at radius 2 is 2.31 bits per heavy atom. The van der Waals surface area contributed by atoms with E-state index in [-0.39, 0.29) is 6.10 Å². The van der Waals surface area contributed by atoms with Crippen molar-refractivity contribution in [3.8, 4) is 0 Å². The van der Waals surface area contributed by atoms with Gasteiger partial charge in [0.15, 0.2) is 0 Å². The number of hydrogen-bond donors (Lipinski definition) is 1. The molecule has 0 saturated heterocycles. The molecule has 0 amide bonds. The van der Waals surface area contributed by atoms with E-state index in [9.17, 15) is 5.11 Å². The minimum absolute atomic E-state index is 0.384. The van der Waals surface area contributed by atoms with E-state index >= 15 is 0 Å². The monoisotopic (exact) mass is 237 g/mol. The van der Waals surface area contributed by atoms with E-state index in [2.05, 4.69) is 10.1 Å². The lowest BCUT2D eigenvalue weighted by molar-refractivity contribution is 0.174. The highest BCUT2D eigenvalue weighted by Crippen LogP contribution is 2.12. The van der Waals surface area contributed by atoms with Crippen LogP contribution >= 0.6 is 11.3 Å². The van der Waals surface area contributed by atoms with Crippen LogP contribution in [0, 0.1) is 6.92 Å². The highest BCUT2D eigenvalue weighted by atomic mass is 32.1. The van der Waals surface area contributed by atoms with Crippen LogP contribution in [0.15, 0.2) is 17.8 Å². The Hall–Kier alpha value is -1.20. The summed E-state index contributed by atoms with van der Waals surface area (Å²) >= 11 is 1.62. The molecule has 86 valence electrons. The number of thiazole rings is 1. The zero-order valence-corrected chi connectivity index (χ0v) is 10.2. The molecule has 2 heterocycles. The summed E-state index contributed by atoms with van der Waals surface area (Å²) in [6, 6.07) is 0. The summed E-state index contributed by atoms with van der Waals surface area (Å²) < 4.78 is 1.75. The first-order chi connectivity index (χ1) is 7.63. The first-order valence-corrected chi connectivity index (χ1v) is 6.08. The van der Waals surface area contributed by atoms with Crippen LogP contribution in [0.5, 0.6) is 0 Å². The van der Waals surface area contributed by atoms with Gasteiger partial charge in [-0.2, -0.15) is 5.10 Å². The normalized spacial score (nSPS) is 12.9. The Balaban J connectivity index is 1.91. The first-order valence-electron chi connectivity index (χ1n) is 5.20. The molecular formula is C11H15N3OS. The van der Waals surface area contributed by atoms with Crippen molar-refractivity contribution in [2.45, 2.75) is 25.9 Å². The van der Waals surface area contributed by atoms with Crippen LogP contribution in [0.3, 0.4) is 0 Å². The van der Waals surface area contributed by atoms with E-state index in [1.54, 1.807) is 22.2 Å². The fourth-order valence-electron chi connectivity index (χ4n) is 1.66. The Morgan fingerprint density at radius 3 is 2.88 bits per heavy atom. The van der Waals surface area contributed by atoms with Gasteiger partial charge in [-0.1, -0.05) is 0 Å². The van der Waals surface area contributed by atoms with E-state index in [4.69, 9.17) is 0 Å². The zero-order valence-electron chi connectivity index (χ0n) is 9.42. The van der Waals surface area contributed by atoms with E-state index in [0.717, 1.165) is 16.3 Å². The second kappa shape index (κ2) is 4.76. The molecule has 1 N–H and O–H groups in total. The third-order valence-corrected chi connectivity index (χ3v) is 3.16. The van der Waals surface area contributed by atoms with Crippen molar-refractivity contribution in [1.82, 2.24) is 14.8 Å². The lowest BCUT2D eigenvalue weighted by Gasteiger charge is -2.06. The standard InChI is InChI=1S/C11H15N3OS/c1-8-13-10(7-16-8)4-11(15)3-9-5-12-14(2)6-9/h5-7,11,15H,3-4H2,1-2H3. The number of nitrogens with zero attached hydrogens (tertiary/aromatic N) is 3. The van der Waals surface area contributed by atoms with Gasteiger partial charge < -0.3 is 5.11 Å². The van der Waals surface area contributed by atoms with Gasteiger partial charge in [-0.25, -0.2) is 4.98 Å². The molecular weight excluding hydrogens is 222 g/mol. The average Bonchev–Trinajstić information content (AvgIpc) is 2.76. The van der Waals surface area contributed by atoms with Gasteiger partial charge in [0.1, 0.15) is 0 Å². The van der Waals surface area contributed by atoms with E-state index in [0.29, 0.717) is 12.8 Å². The van der Waals surface area contributed by atoms with Crippen LogP contribution in [0.2, 0.25) is 0 Å². The van der Waals surface area contributed by atoms with E-state index < -0.39 is 0 Å². The van der Waals surface area contributed by atoms with E-state index in [1.807, 2.05) is 25.5 Å². The van der Waals surface area contributed by atoms with Crippen molar-refractivity contribution < 1.29 is 5.11 Å². The summed E-state index contributed by atoms with van der Waals surface area (Å²) in [7, 11) is 1.87. The van der Waals surface area contributed by atoms with Crippen molar-refractivity contribution in [3.05, 3.63) is 34.0 Å². The molecule has 0 aromatic carbocycles. The van der Waals surface area contributed by atoms with Crippen LogP contribution in [0.1, 0.15) is 16.3 Å². The number of aromatic nitrogens is 3. The molecule has 0 saturated carbocycles. The van der Waals surface area contributed by atoms with Gasteiger partial charge in [-0.3, -0.25) is 4.68 Å². The summed E-state index contributed by atoms with van der Waals surface area (Å²) in [4.78, 5) is 4.34. The highest BCUT2D eigenvalue weighted by Gasteiger charge is 2.10. The number of rotatable bonds is 4. The van der Waals surface area contributed by atoms with Gasteiger partial charge in [0.05, 0.1) is 23.0 Å². The van der Waals surface area contributed by atoms with Gasteiger partial charge >= 0.3 is 0 Å². The fraction of sp³-hybridized carbons (Fsp3) is 0.455. The topological polar surface area (TPSA) is 50.9 Å². The predicted octanol–water partition coefficient (Wildman–Crippen LogP) is 1.33. The second-order valence-corrected chi connectivity index (χ2v) is 5.00. The second-order valence-electron chi connectivity index (χ2n) is 3.94. The number of aliphatic hydroxyl groups is 1. The molecule has 0 radical (unpaired) electrons. The minimum Gasteiger partial charge on any atom is -0.392 e. The lowest BCUT2D eigenvalue weighted by atomic mass is 10.1. The van der Waals surface area contributed by atoms with Gasteiger partial charge in [0.25, 0.3) is 0 Å². The van der Waals surface area contributed by atoms with Crippen molar-refractivity contribution in [2.24, 2.45) is 7.05 Å². The Kier molecular flexibility index (Phi) is 3.36. The largest absolute Gasteiger partial charge is 0.392 e. The molecule has 0 spiro atoms. The Labute approximate surface area is 98.6 Å². The molecule has 0 aliphatic heterocycles. The van der Waals surface area contributed by atoms with Gasteiger partial charge in [0.2, 0.25) is 0 Å². The summed E-state index contributed by atoms with van der Waals surface area (Å²) in [6.07, 6.45) is 4.57. The predicted molar refractivity (Wildman–Crippen MR) is 63.5 cm³/mol. The Bertz CT molecular complexity index is 421. The molecule has 0 fully saturated rings. The quantitative estimate of drug-likeness (QED) is 0.873. The van der Waals surface area contributed by atoms with Crippen LogP contribution in [-0.4, -0.2) is 26.0 Å². The number of aliphatic hydroxyl groups excluding tert-OH is 1. The highest BCUT2D eigenvalue weighted by molar-refractivity contribution is 7.09. The maximum Gasteiger partial charge on any atom is 0.0897 e. The van der Waals surface area contributed by atoms with Gasteiger partial charge in [-0.15, -0.1) is 11.3 Å². The summed E-state index contributed by atoms with van der Waals surface area (Å²) in [5.74, 6) is 0. The molecule has 5 heteroatoms. The maximum absolute atomic E-state index is 9.90. The third-order valence-electron chi connectivity index (χ3n) is 2.34. The number of hydrogen-bond acceptors (Lipinski definition) is 4.